The first-order valence-electron chi connectivity index (χ1n) is 6.08. The summed E-state index contributed by atoms with van der Waals surface area (Å²) in [5.74, 6) is 0.273. The third-order valence-electron chi connectivity index (χ3n) is 2.73. The van der Waals surface area contributed by atoms with Gasteiger partial charge >= 0.3 is 5.88 Å². The Bertz CT molecular complexity index is 561. The van der Waals surface area contributed by atoms with Gasteiger partial charge in [0.1, 0.15) is 10.7 Å². The second kappa shape index (κ2) is 5.66. The molecule has 19 heavy (non-hydrogen) atoms. The lowest BCUT2D eigenvalue weighted by atomic mass is 10.1. The van der Waals surface area contributed by atoms with Crippen molar-refractivity contribution in [3.63, 3.8) is 0 Å². The van der Waals surface area contributed by atoms with Crippen LogP contribution in [0.1, 0.15) is 30.7 Å². The molecule has 2 heterocycles. The molecule has 0 aliphatic heterocycles. The van der Waals surface area contributed by atoms with Crippen LogP contribution in [0.25, 0.3) is 0 Å². The average molecular weight is 264 g/mol. The molecule has 1 atom stereocenters. The normalized spacial score (nSPS) is 12.5. The summed E-state index contributed by atoms with van der Waals surface area (Å²) in [5.41, 5.74) is 0.917. The first-order chi connectivity index (χ1) is 9.11. The molecule has 2 aromatic heterocycles. The predicted molar refractivity (Wildman–Crippen MR) is 68.7 cm³/mol. The fourth-order valence-electron chi connectivity index (χ4n) is 1.86. The largest absolute Gasteiger partial charge is 0.433 e. The van der Waals surface area contributed by atoms with Crippen molar-refractivity contribution in [1.29, 1.82) is 0 Å². The number of hydrogen-bond donors (Lipinski definition) is 1. The number of aryl methyl sites for hydroxylation is 1. The van der Waals surface area contributed by atoms with E-state index >= 15 is 0 Å². The molecule has 0 saturated carbocycles. The molecule has 0 spiro atoms. The van der Waals surface area contributed by atoms with Crippen molar-refractivity contribution in [1.82, 2.24) is 15.1 Å². The van der Waals surface area contributed by atoms with E-state index in [-0.39, 0.29) is 11.9 Å². The number of nitrogens with one attached hydrogen (secondary N) is 1. The number of hydrogen-bond acceptors (Lipinski definition) is 5. The van der Waals surface area contributed by atoms with Crippen molar-refractivity contribution in [3.05, 3.63) is 46.0 Å². The highest BCUT2D eigenvalue weighted by Gasteiger charge is 2.21. The Balaban J connectivity index is 2.28. The highest BCUT2D eigenvalue weighted by molar-refractivity contribution is 5.27. The van der Waals surface area contributed by atoms with Crippen LogP contribution in [-0.2, 0) is 7.05 Å². The highest BCUT2D eigenvalue weighted by Crippen LogP contribution is 2.26. The molecule has 0 fully saturated rings. The molecule has 1 unspecified atom stereocenters. The highest BCUT2D eigenvalue weighted by atomic mass is 16.6. The molecular formula is C12H16N4O3. The summed E-state index contributed by atoms with van der Waals surface area (Å²) in [6.45, 7) is 2.84. The molecule has 7 heteroatoms. The Hall–Kier alpha value is -2.15. The van der Waals surface area contributed by atoms with Gasteiger partial charge < -0.3 is 9.73 Å². The molecule has 0 saturated heterocycles. The van der Waals surface area contributed by atoms with Gasteiger partial charge in [-0.3, -0.25) is 14.8 Å². The van der Waals surface area contributed by atoms with Crippen LogP contribution in [0.3, 0.4) is 0 Å². The first-order valence-corrected chi connectivity index (χ1v) is 6.08. The Kier molecular flexibility index (Phi) is 3.96. The van der Waals surface area contributed by atoms with Crippen LogP contribution in [0.2, 0.25) is 0 Å². The molecule has 0 aromatic carbocycles. The van der Waals surface area contributed by atoms with E-state index in [9.17, 15) is 10.1 Å². The number of rotatable bonds is 6. The van der Waals surface area contributed by atoms with Crippen molar-refractivity contribution >= 4 is 5.88 Å². The number of nitrogens with zero attached hydrogens (tertiary/aromatic N) is 3. The molecule has 0 radical (unpaired) electrons. The van der Waals surface area contributed by atoms with Gasteiger partial charge in [0.15, 0.2) is 0 Å². The molecule has 102 valence electrons. The van der Waals surface area contributed by atoms with Crippen LogP contribution < -0.4 is 5.32 Å². The van der Waals surface area contributed by atoms with Gasteiger partial charge in [-0.2, -0.15) is 5.10 Å². The molecule has 7 nitrogen and oxygen atoms in total. The summed E-state index contributed by atoms with van der Waals surface area (Å²) >= 11 is 0. The minimum absolute atomic E-state index is 0.220. The van der Waals surface area contributed by atoms with Crippen LogP contribution in [-0.4, -0.2) is 21.2 Å². The summed E-state index contributed by atoms with van der Waals surface area (Å²) in [6.07, 6.45) is 4.54. The maximum Gasteiger partial charge on any atom is 0.433 e. The number of nitro groups is 1. The Morgan fingerprint density at radius 1 is 1.58 bits per heavy atom. The minimum Gasteiger partial charge on any atom is -0.404 e. The predicted octanol–water partition coefficient (Wildman–Crippen LogP) is 2.01. The summed E-state index contributed by atoms with van der Waals surface area (Å²) in [5, 5.41) is 18.1. The van der Waals surface area contributed by atoms with Crippen LogP contribution in [0.4, 0.5) is 5.88 Å². The Morgan fingerprint density at radius 3 is 2.89 bits per heavy atom. The molecule has 1 N–H and O–H groups in total. The van der Waals surface area contributed by atoms with E-state index in [0.29, 0.717) is 5.76 Å². The fourth-order valence-corrected chi connectivity index (χ4v) is 1.86. The van der Waals surface area contributed by atoms with Crippen molar-refractivity contribution in [2.45, 2.75) is 19.4 Å². The van der Waals surface area contributed by atoms with Crippen LogP contribution in [0.15, 0.2) is 28.9 Å². The summed E-state index contributed by atoms with van der Waals surface area (Å²) in [7, 11) is 1.82. The first kappa shape index (κ1) is 13.3. The molecular weight excluding hydrogens is 248 g/mol. The monoisotopic (exact) mass is 264 g/mol. The maximum atomic E-state index is 10.7. The van der Waals surface area contributed by atoms with E-state index in [4.69, 9.17) is 4.42 Å². The van der Waals surface area contributed by atoms with E-state index < -0.39 is 4.92 Å². The summed E-state index contributed by atoms with van der Waals surface area (Å²) in [6, 6.07) is 2.77. The molecule has 0 aliphatic carbocycles. The molecule has 2 aromatic rings. The average Bonchev–Trinajstić information content (AvgIpc) is 2.99. The second-order valence-corrected chi connectivity index (χ2v) is 4.27. The van der Waals surface area contributed by atoms with Gasteiger partial charge in [-0.15, -0.1) is 0 Å². The summed E-state index contributed by atoms with van der Waals surface area (Å²) in [4.78, 5) is 10.1. The lowest BCUT2D eigenvalue weighted by Crippen LogP contribution is -2.22. The van der Waals surface area contributed by atoms with Gasteiger partial charge in [0.2, 0.25) is 0 Å². The standard InChI is InChI=1S/C12H16N4O3/c1-3-6-13-12(9-7-14-15(2)8-9)10-4-5-11(19-10)16(17)18/h4-5,7-8,12-13H,3,6H2,1-2H3. The van der Waals surface area contributed by atoms with Gasteiger partial charge in [0, 0.05) is 18.8 Å². The molecule has 2 rings (SSSR count). The van der Waals surface area contributed by atoms with Gasteiger partial charge in [-0.25, -0.2) is 0 Å². The van der Waals surface area contributed by atoms with Crippen molar-refractivity contribution in [2.75, 3.05) is 6.54 Å². The Morgan fingerprint density at radius 2 is 2.37 bits per heavy atom. The van der Waals surface area contributed by atoms with E-state index in [1.54, 1.807) is 16.9 Å². The third kappa shape index (κ3) is 3.00. The third-order valence-corrected chi connectivity index (χ3v) is 2.73. The zero-order chi connectivity index (χ0) is 13.8. The Labute approximate surface area is 110 Å². The fraction of sp³-hybridized carbons (Fsp3) is 0.417. The SMILES string of the molecule is CCCNC(c1cnn(C)c1)c1ccc([N+](=O)[O-])o1. The second-order valence-electron chi connectivity index (χ2n) is 4.27. The minimum atomic E-state index is -0.538. The van der Waals surface area contributed by atoms with Gasteiger partial charge in [0.25, 0.3) is 0 Å². The zero-order valence-corrected chi connectivity index (χ0v) is 10.9. The smallest absolute Gasteiger partial charge is 0.404 e. The van der Waals surface area contributed by atoms with Crippen LogP contribution in [0, 0.1) is 10.1 Å². The number of aromatic nitrogens is 2. The quantitative estimate of drug-likeness (QED) is 0.637. The molecule has 0 aliphatic rings. The van der Waals surface area contributed by atoms with Gasteiger partial charge in [-0.1, -0.05) is 6.92 Å². The summed E-state index contributed by atoms with van der Waals surface area (Å²) < 4.78 is 6.96. The van der Waals surface area contributed by atoms with Crippen LogP contribution in [0.5, 0.6) is 0 Å². The van der Waals surface area contributed by atoms with Crippen LogP contribution >= 0.6 is 0 Å². The molecule has 0 bridgehead atoms. The van der Waals surface area contributed by atoms with E-state index in [1.165, 1.54) is 6.07 Å². The maximum absolute atomic E-state index is 10.7. The topological polar surface area (TPSA) is 86.1 Å². The van der Waals surface area contributed by atoms with E-state index in [1.807, 2.05) is 13.2 Å². The molecule has 0 amide bonds. The zero-order valence-electron chi connectivity index (χ0n) is 10.9. The van der Waals surface area contributed by atoms with Crippen molar-refractivity contribution in [2.24, 2.45) is 7.05 Å². The van der Waals surface area contributed by atoms with Gasteiger partial charge in [0.05, 0.1) is 18.3 Å². The van der Waals surface area contributed by atoms with E-state index in [0.717, 1.165) is 18.5 Å². The van der Waals surface area contributed by atoms with E-state index in [2.05, 4.69) is 17.3 Å². The van der Waals surface area contributed by atoms with Crippen molar-refractivity contribution < 1.29 is 9.34 Å². The van der Waals surface area contributed by atoms with Gasteiger partial charge in [-0.05, 0) is 19.0 Å². The lowest BCUT2D eigenvalue weighted by molar-refractivity contribution is -0.402. The lowest BCUT2D eigenvalue weighted by Gasteiger charge is -2.13. The van der Waals surface area contributed by atoms with Crippen molar-refractivity contribution in [3.8, 4) is 0 Å². The number of furan rings is 1.